The quantitative estimate of drug-likeness (QED) is 0.489. The van der Waals surface area contributed by atoms with Crippen LogP contribution in [0.25, 0.3) is 0 Å². The van der Waals surface area contributed by atoms with Crippen LogP contribution in [0.15, 0.2) is 31.4 Å². The van der Waals surface area contributed by atoms with E-state index in [1.165, 1.54) is 0 Å². The second-order valence-corrected chi connectivity index (χ2v) is 6.31. The summed E-state index contributed by atoms with van der Waals surface area (Å²) in [5.41, 5.74) is -3.37. The van der Waals surface area contributed by atoms with Crippen molar-refractivity contribution in [1.29, 1.82) is 0 Å². The smallest absolute Gasteiger partial charge is 0.314 e. The van der Waals surface area contributed by atoms with E-state index >= 15 is 0 Å². The van der Waals surface area contributed by atoms with Crippen LogP contribution in [0.2, 0.25) is 0 Å². The zero-order chi connectivity index (χ0) is 15.6. The van der Waals surface area contributed by atoms with E-state index in [9.17, 15) is 27.6 Å². The van der Waals surface area contributed by atoms with Crippen molar-refractivity contribution in [3.63, 3.8) is 0 Å². The molecule has 0 atom stereocenters. The molecule has 4 N–H and O–H groups in total. The average molecular weight is 314 g/mol. The molecule has 0 radical (unpaired) electrons. The average Bonchev–Trinajstić information content (AvgIpc) is 2.30. The molecule has 0 bridgehead atoms. The molecule has 0 fully saturated rings. The molecule has 0 aliphatic carbocycles. The van der Waals surface area contributed by atoms with Crippen molar-refractivity contribution in [1.82, 2.24) is 19.9 Å². The lowest BCUT2D eigenvalue weighted by molar-refractivity contribution is 0.593. The van der Waals surface area contributed by atoms with Crippen LogP contribution in [0.4, 0.5) is 0 Å². The second kappa shape index (κ2) is 5.36. The van der Waals surface area contributed by atoms with Gasteiger partial charge in [-0.25, -0.2) is 18.0 Å². The highest BCUT2D eigenvalue weighted by Crippen LogP contribution is 2.05. The van der Waals surface area contributed by atoms with Gasteiger partial charge in [-0.05, 0) is 0 Å². The summed E-state index contributed by atoms with van der Waals surface area (Å²) in [4.78, 5) is 52.5. The summed E-state index contributed by atoms with van der Waals surface area (Å²) in [5, 5.41) is 0. The minimum atomic E-state index is -3.82. The van der Waals surface area contributed by atoms with Crippen molar-refractivity contribution in [2.75, 3.05) is 0 Å². The predicted octanol–water partition coefficient (Wildman–Crippen LogP) is -2.45. The van der Waals surface area contributed by atoms with Crippen LogP contribution >= 0.6 is 0 Å². The van der Waals surface area contributed by atoms with Gasteiger partial charge in [0.05, 0.1) is 11.5 Å². The molecule has 2 rings (SSSR count). The molecule has 0 unspecified atom stereocenters. The fraction of sp³-hybridized carbons (Fsp3) is 0.200. The minimum absolute atomic E-state index is 0.0930. The first kappa shape index (κ1) is 14.7. The first-order chi connectivity index (χ1) is 9.75. The molecule has 11 heteroatoms. The number of rotatable bonds is 4. The lowest BCUT2D eigenvalue weighted by Crippen LogP contribution is -2.27. The van der Waals surface area contributed by atoms with Crippen molar-refractivity contribution in [3.05, 3.63) is 65.2 Å². The van der Waals surface area contributed by atoms with Gasteiger partial charge in [0.15, 0.2) is 9.84 Å². The van der Waals surface area contributed by atoms with Gasteiger partial charge in [-0.3, -0.25) is 19.6 Å². The lowest BCUT2D eigenvalue weighted by Gasteiger charge is -2.03. The standard InChI is InChI=1S/C10H10N4O6S/c15-7-1-6(12-10(18)13-7)4-21(19,20)3-5-2-11-9(17)14-8(5)16/h1-2H,3-4H2,(H2,11,14,16,17)(H2,12,13,15,18). The number of aromatic nitrogens is 4. The number of sulfone groups is 1. The van der Waals surface area contributed by atoms with Gasteiger partial charge in [-0.2, -0.15) is 0 Å². The Balaban J connectivity index is 2.30. The van der Waals surface area contributed by atoms with Gasteiger partial charge in [0.25, 0.3) is 11.1 Å². The third kappa shape index (κ3) is 3.89. The first-order valence-electron chi connectivity index (χ1n) is 5.59. The van der Waals surface area contributed by atoms with Crippen LogP contribution < -0.4 is 22.5 Å². The van der Waals surface area contributed by atoms with Crippen LogP contribution in [0.1, 0.15) is 11.3 Å². The van der Waals surface area contributed by atoms with Gasteiger partial charge in [0.2, 0.25) is 0 Å². The maximum Gasteiger partial charge on any atom is 0.325 e. The Labute approximate surface area is 115 Å². The highest BCUT2D eigenvalue weighted by atomic mass is 32.2. The third-order valence-corrected chi connectivity index (χ3v) is 3.96. The Bertz CT molecular complexity index is 965. The summed E-state index contributed by atoms with van der Waals surface area (Å²) >= 11 is 0. The first-order valence-corrected chi connectivity index (χ1v) is 7.41. The van der Waals surface area contributed by atoms with Gasteiger partial charge in [0, 0.05) is 23.5 Å². The van der Waals surface area contributed by atoms with Crippen molar-refractivity contribution < 1.29 is 8.42 Å². The summed E-state index contributed by atoms with van der Waals surface area (Å²) in [6, 6.07) is 0.941. The molecule has 2 aromatic rings. The van der Waals surface area contributed by atoms with Crippen molar-refractivity contribution in [2.45, 2.75) is 11.5 Å². The summed E-state index contributed by atoms with van der Waals surface area (Å²) in [6.45, 7) is 0. The monoisotopic (exact) mass is 314 g/mol. The summed E-state index contributed by atoms with van der Waals surface area (Å²) in [7, 11) is -3.82. The second-order valence-electron chi connectivity index (χ2n) is 4.24. The Hall–Kier alpha value is -2.69. The van der Waals surface area contributed by atoms with Gasteiger partial charge in [-0.1, -0.05) is 0 Å². The van der Waals surface area contributed by atoms with Crippen LogP contribution in [0.5, 0.6) is 0 Å². The van der Waals surface area contributed by atoms with Crippen LogP contribution in [0.3, 0.4) is 0 Å². The number of hydrogen-bond donors (Lipinski definition) is 4. The highest BCUT2D eigenvalue weighted by molar-refractivity contribution is 7.89. The fourth-order valence-corrected chi connectivity index (χ4v) is 3.09. The molecule has 0 saturated carbocycles. The molecule has 112 valence electrons. The molecule has 0 spiro atoms. The van der Waals surface area contributed by atoms with E-state index in [-0.39, 0.29) is 11.3 Å². The van der Waals surface area contributed by atoms with E-state index < -0.39 is 43.8 Å². The molecule has 0 aromatic carbocycles. The van der Waals surface area contributed by atoms with Crippen LogP contribution in [-0.2, 0) is 21.3 Å². The van der Waals surface area contributed by atoms with Gasteiger partial charge in [0.1, 0.15) is 0 Å². The fourth-order valence-electron chi connectivity index (χ4n) is 1.67. The largest absolute Gasteiger partial charge is 0.325 e. The highest BCUT2D eigenvalue weighted by Gasteiger charge is 2.16. The summed E-state index contributed by atoms with van der Waals surface area (Å²) < 4.78 is 23.9. The van der Waals surface area contributed by atoms with E-state index in [1.54, 1.807) is 0 Å². The van der Waals surface area contributed by atoms with Crippen molar-refractivity contribution >= 4 is 9.84 Å². The van der Waals surface area contributed by atoms with E-state index in [4.69, 9.17) is 0 Å². The van der Waals surface area contributed by atoms with E-state index in [0.29, 0.717) is 0 Å². The summed E-state index contributed by atoms with van der Waals surface area (Å²) in [5.74, 6) is -1.27. The molecule has 0 aliphatic rings. The third-order valence-electron chi connectivity index (χ3n) is 2.46. The molecular formula is C10H10N4O6S. The molecule has 10 nitrogen and oxygen atoms in total. The normalized spacial score (nSPS) is 11.4. The van der Waals surface area contributed by atoms with E-state index in [1.807, 2.05) is 9.97 Å². The Morgan fingerprint density at radius 3 is 2.24 bits per heavy atom. The van der Waals surface area contributed by atoms with E-state index in [2.05, 4.69) is 9.97 Å². The molecule has 2 heterocycles. The molecular weight excluding hydrogens is 304 g/mol. The maximum absolute atomic E-state index is 12.0. The molecule has 0 amide bonds. The van der Waals surface area contributed by atoms with Crippen LogP contribution in [0, 0.1) is 0 Å². The number of aromatic amines is 4. The lowest BCUT2D eigenvalue weighted by atomic mass is 10.4. The van der Waals surface area contributed by atoms with Crippen molar-refractivity contribution in [3.8, 4) is 0 Å². The zero-order valence-corrected chi connectivity index (χ0v) is 11.2. The number of H-pyrrole nitrogens is 4. The van der Waals surface area contributed by atoms with Crippen LogP contribution in [-0.4, -0.2) is 28.4 Å². The zero-order valence-electron chi connectivity index (χ0n) is 10.4. The van der Waals surface area contributed by atoms with Gasteiger partial charge >= 0.3 is 11.4 Å². The summed E-state index contributed by atoms with van der Waals surface area (Å²) in [6.07, 6.45) is 0.999. The minimum Gasteiger partial charge on any atom is -0.314 e. The topological polar surface area (TPSA) is 166 Å². The Morgan fingerprint density at radius 1 is 0.905 bits per heavy atom. The number of nitrogens with one attached hydrogen (secondary N) is 4. The van der Waals surface area contributed by atoms with Gasteiger partial charge < -0.3 is 9.97 Å². The number of hydrogen-bond acceptors (Lipinski definition) is 6. The predicted molar refractivity (Wildman–Crippen MR) is 71.7 cm³/mol. The molecule has 2 aromatic heterocycles. The SMILES string of the molecule is O=c1cc(CS(=O)(=O)Cc2c[nH]c(=O)[nH]c2=O)[nH]c(=O)[nH]1. The molecule has 0 aliphatic heterocycles. The maximum atomic E-state index is 12.0. The molecule has 0 saturated heterocycles. The Kier molecular flexibility index (Phi) is 3.76. The van der Waals surface area contributed by atoms with Crippen molar-refractivity contribution in [2.24, 2.45) is 0 Å². The van der Waals surface area contributed by atoms with E-state index in [0.717, 1.165) is 12.3 Å². The van der Waals surface area contributed by atoms with Gasteiger partial charge in [-0.15, -0.1) is 0 Å². The Morgan fingerprint density at radius 2 is 1.62 bits per heavy atom. The molecule has 21 heavy (non-hydrogen) atoms.